The summed E-state index contributed by atoms with van der Waals surface area (Å²) in [5.41, 5.74) is 3.54. The third-order valence-corrected chi connectivity index (χ3v) is 6.47. The zero-order chi connectivity index (χ0) is 20.4. The number of aromatic nitrogens is 1. The summed E-state index contributed by atoms with van der Waals surface area (Å²) in [5.74, 6) is -0.629. The monoisotopic (exact) mass is 414 g/mol. The molecule has 152 valence electrons. The molecule has 1 amide bonds. The van der Waals surface area contributed by atoms with Crippen molar-refractivity contribution in [1.82, 2.24) is 4.98 Å². The topological polar surface area (TPSA) is 46.9 Å². The van der Waals surface area contributed by atoms with Gasteiger partial charge in [-0.15, -0.1) is 0 Å². The van der Waals surface area contributed by atoms with Crippen molar-refractivity contribution in [3.05, 3.63) is 58.9 Å². The van der Waals surface area contributed by atoms with Crippen molar-refractivity contribution < 1.29 is 18.8 Å². The number of anilines is 1. The number of aryl methyl sites for hydroxylation is 2. The molecule has 5 nitrogen and oxygen atoms in total. The standard InChI is InChI=1S/C22H24FN3O2S/c1-15-12-16(2)20-19(13-15)24-22(29-20)26(7-6-25-8-10-28-11-9-25)21(27)17-4-3-5-18(23)14-17/h3-5,12-14H,6-11H2,1-2H3/p+1. The van der Waals surface area contributed by atoms with E-state index in [4.69, 9.17) is 9.72 Å². The predicted octanol–water partition coefficient (Wildman–Crippen LogP) is 2.61. The molecular formula is C22H25FN3O2S+. The number of quaternary nitrogens is 1. The fourth-order valence-corrected chi connectivity index (χ4v) is 4.76. The largest absolute Gasteiger partial charge is 0.370 e. The lowest BCUT2D eigenvalue weighted by Gasteiger charge is -2.27. The summed E-state index contributed by atoms with van der Waals surface area (Å²) in [6.07, 6.45) is 0. The first kappa shape index (κ1) is 19.9. The Hall–Kier alpha value is -2.35. The maximum atomic E-state index is 13.7. The van der Waals surface area contributed by atoms with E-state index >= 15 is 0 Å². The molecule has 2 aromatic carbocycles. The quantitative estimate of drug-likeness (QED) is 0.698. The Bertz CT molecular complexity index is 1030. The predicted molar refractivity (Wildman–Crippen MR) is 114 cm³/mol. The Balaban J connectivity index is 1.67. The third-order valence-electron chi connectivity index (χ3n) is 5.25. The van der Waals surface area contributed by atoms with Crippen LogP contribution in [0.5, 0.6) is 0 Å². The first-order valence-corrected chi connectivity index (χ1v) is 10.7. The number of hydrogen-bond donors (Lipinski definition) is 1. The average molecular weight is 415 g/mol. The second-order valence-electron chi connectivity index (χ2n) is 7.51. The fraction of sp³-hybridized carbons (Fsp3) is 0.364. The lowest BCUT2D eigenvalue weighted by molar-refractivity contribution is -0.906. The molecule has 0 atom stereocenters. The molecule has 0 aliphatic carbocycles. The molecule has 1 N–H and O–H groups in total. The van der Waals surface area contributed by atoms with Crippen LogP contribution >= 0.6 is 11.3 Å². The molecule has 1 fully saturated rings. The van der Waals surface area contributed by atoms with Crippen LogP contribution in [0.15, 0.2) is 36.4 Å². The molecule has 1 saturated heterocycles. The Kier molecular flexibility index (Phi) is 5.89. The SMILES string of the molecule is Cc1cc(C)c2sc(N(CC[NH+]3CCOCC3)C(=O)c3cccc(F)c3)nc2c1. The van der Waals surface area contributed by atoms with Crippen molar-refractivity contribution in [3.8, 4) is 0 Å². The number of benzene rings is 2. The van der Waals surface area contributed by atoms with Gasteiger partial charge in [0.15, 0.2) is 5.13 Å². The Morgan fingerprint density at radius 1 is 1.24 bits per heavy atom. The lowest BCUT2D eigenvalue weighted by atomic mass is 10.1. The molecule has 3 aromatic rings. The normalized spacial score (nSPS) is 15.0. The second kappa shape index (κ2) is 8.57. The zero-order valence-corrected chi connectivity index (χ0v) is 17.5. The van der Waals surface area contributed by atoms with E-state index < -0.39 is 5.82 Å². The number of carbonyl (C=O) groups excluding carboxylic acids is 1. The number of rotatable bonds is 5. The number of carbonyl (C=O) groups is 1. The number of ether oxygens (including phenoxy) is 1. The average Bonchev–Trinajstić information content (AvgIpc) is 3.13. The molecule has 1 aliphatic heterocycles. The molecule has 0 spiro atoms. The molecule has 0 bridgehead atoms. The summed E-state index contributed by atoms with van der Waals surface area (Å²) in [6.45, 7) is 8.79. The molecule has 7 heteroatoms. The number of hydrogen-bond acceptors (Lipinski definition) is 4. The second-order valence-corrected chi connectivity index (χ2v) is 8.48. The Labute approximate surface area is 173 Å². The Morgan fingerprint density at radius 3 is 2.79 bits per heavy atom. The highest BCUT2D eigenvalue weighted by Crippen LogP contribution is 2.32. The van der Waals surface area contributed by atoms with Gasteiger partial charge in [0.1, 0.15) is 18.9 Å². The van der Waals surface area contributed by atoms with Crippen LogP contribution in [0.3, 0.4) is 0 Å². The minimum Gasteiger partial charge on any atom is -0.370 e. The van der Waals surface area contributed by atoms with Crippen LogP contribution in [0.1, 0.15) is 21.5 Å². The minimum absolute atomic E-state index is 0.217. The van der Waals surface area contributed by atoms with Gasteiger partial charge in [0.05, 0.1) is 36.5 Å². The summed E-state index contributed by atoms with van der Waals surface area (Å²) in [7, 11) is 0. The van der Waals surface area contributed by atoms with Crippen LogP contribution in [0.2, 0.25) is 0 Å². The Morgan fingerprint density at radius 2 is 2.03 bits per heavy atom. The number of fused-ring (bicyclic) bond motifs is 1. The highest BCUT2D eigenvalue weighted by atomic mass is 32.1. The first-order chi connectivity index (χ1) is 14.0. The van der Waals surface area contributed by atoms with Crippen LogP contribution in [0.4, 0.5) is 9.52 Å². The van der Waals surface area contributed by atoms with E-state index in [9.17, 15) is 9.18 Å². The van der Waals surface area contributed by atoms with Crippen LogP contribution in [0.25, 0.3) is 10.2 Å². The van der Waals surface area contributed by atoms with E-state index in [0.29, 0.717) is 17.2 Å². The maximum Gasteiger partial charge on any atom is 0.260 e. The molecule has 1 aromatic heterocycles. The number of amides is 1. The van der Waals surface area contributed by atoms with Gasteiger partial charge in [-0.2, -0.15) is 0 Å². The van der Waals surface area contributed by atoms with Gasteiger partial charge in [-0.25, -0.2) is 9.37 Å². The first-order valence-electron chi connectivity index (χ1n) is 9.88. The van der Waals surface area contributed by atoms with Crippen LogP contribution in [-0.4, -0.2) is 50.3 Å². The van der Waals surface area contributed by atoms with E-state index in [1.807, 2.05) is 13.0 Å². The maximum absolute atomic E-state index is 13.7. The van der Waals surface area contributed by atoms with Gasteiger partial charge < -0.3 is 9.64 Å². The van der Waals surface area contributed by atoms with E-state index in [2.05, 4.69) is 13.0 Å². The number of nitrogens with zero attached hydrogens (tertiary/aromatic N) is 2. The molecule has 4 rings (SSSR count). The summed E-state index contributed by atoms with van der Waals surface area (Å²) in [6, 6.07) is 10.0. The molecule has 0 saturated carbocycles. The van der Waals surface area contributed by atoms with Gasteiger partial charge in [0, 0.05) is 5.56 Å². The van der Waals surface area contributed by atoms with Crippen LogP contribution < -0.4 is 9.80 Å². The van der Waals surface area contributed by atoms with Crippen LogP contribution in [0, 0.1) is 19.7 Å². The van der Waals surface area contributed by atoms with Crippen molar-refractivity contribution in [3.63, 3.8) is 0 Å². The molecule has 29 heavy (non-hydrogen) atoms. The van der Waals surface area contributed by atoms with Crippen molar-refractivity contribution >= 4 is 32.6 Å². The summed E-state index contributed by atoms with van der Waals surface area (Å²) < 4.78 is 20.2. The van der Waals surface area contributed by atoms with Crippen molar-refractivity contribution in [2.24, 2.45) is 0 Å². The van der Waals surface area contributed by atoms with Crippen molar-refractivity contribution in [2.45, 2.75) is 13.8 Å². The highest BCUT2D eigenvalue weighted by Gasteiger charge is 2.24. The zero-order valence-electron chi connectivity index (χ0n) is 16.7. The molecule has 2 heterocycles. The van der Waals surface area contributed by atoms with Gasteiger partial charge >= 0.3 is 0 Å². The van der Waals surface area contributed by atoms with Crippen molar-refractivity contribution in [1.29, 1.82) is 0 Å². The van der Waals surface area contributed by atoms with Gasteiger partial charge in [0.2, 0.25) is 0 Å². The highest BCUT2D eigenvalue weighted by molar-refractivity contribution is 7.22. The van der Waals surface area contributed by atoms with Crippen LogP contribution in [-0.2, 0) is 4.74 Å². The van der Waals surface area contributed by atoms with E-state index in [1.54, 1.807) is 17.0 Å². The number of morpholine rings is 1. The molecular weight excluding hydrogens is 389 g/mol. The summed E-state index contributed by atoms with van der Waals surface area (Å²) >= 11 is 1.52. The smallest absolute Gasteiger partial charge is 0.260 e. The van der Waals surface area contributed by atoms with E-state index in [-0.39, 0.29) is 5.91 Å². The number of nitrogens with one attached hydrogen (secondary N) is 1. The number of halogens is 1. The number of thiazole rings is 1. The third kappa shape index (κ3) is 4.47. The summed E-state index contributed by atoms with van der Waals surface area (Å²) in [4.78, 5) is 21.2. The molecule has 1 aliphatic rings. The lowest BCUT2D eigenvalue weighted by Crippen LogP contribution is -3.14. The fourth-order valence-electron chi connectivity index (χ4n) is 3.72. The van der Waals surface area contributed by atoms with Gasteiger partial charge in [-0.1, -0.05) is 23.5 Å². The van der Waals surface area contributed by atoms with Gasteiger partial charge in [0.25, 0.3) is 5.91 Å². The van der Waals surface area contributed by atoms with Crippen molar-refractivity contribution in [2.75, 3.05) is 44.3 Å². The molecule has 0 unspecified atom stereocenters. The van der Waals surface area contributed by atoms with Gasteiger partial charge in [-0.05, 0) is 49.2 Å². The molecule has 0 radical (unpaired) electrons. The van der Waals surface area contributed by atoms with E-state index in [0.717, 1.165) is 54.2 Å². The van der Waals surface area contributed by atoms with E-state index in [1.165, 1.54) is 28.4 Å². The summed E-state index contributed by atoms with van der Waals surface area (Å²) in [5, 5.41) is 0.663. The minimum atomic E-state index is -0.412. The van der Waals surface area contributed by atoms with Gasteiger partial charge in [-0.3, -0.25) is 9.69 Å².